The van der Waals surface area contributed by atoms with Gasteiger partial charge in [-0.3, -0.25) is 9.78 Å². The highest BCUT2D eigenvalue weighted by molar-refractivity contribution is 7.86. The molecule has 1 atom stereocenters. The first-order valence-electron chi connectivity index (χ1n) is 8.15. The molecule has 1 aromatic carbocycles. The summed E-state index contributed by atoms with van der Waals surface area (Å²) in [6.07, 6.45) is 4.50. The van der Waals surface area contributed by atoms with E-state index in [9.17, 15) is 18.3 Å². The summed E-state index contributed by atoms with van der Waals surface area (Å²) in [5.41, 5.74) is 0.887. The summed E-state index contributed by atoms with van der Waals surface area (Å²) in [6.45, 7) is 0.606. The van der Waals surface area contributed by atoms with E-state index in [4.69, 9.17) is 0 Å². The highest BCUT2D eigenvalue weighted by Gasteiger charge is 2.34. The number of rotatable bonds is 5. The van der Waals surface area contributed by atoms with Gasteiger partial charge >= 0.3 is 5.97 Å². The molecule has 1 aromatic heterocycles. The van der Waals surface area contributed by atoms with Crippen molar-refractivity contribution in [3.05, 3.63) is 42.2 Å². The fraction of sp³-hybridized carbons (Fsp3) is 0.412. The lowest BCUT2D eigenvalue weighted by Gasteiger charge is -2.33. The van der Waals surface area contributed by atoms with E-state index in [1.165, 1.54) is 15.7 Å². The maximum absolute atomic E-state index is 12.8. The number of hydrogen-bond donors (Lipinski definition) is 1. The molecule has 8 heteroatoms. The van der Waals surface area contributed by atoms with Crippen LogP contribution in [0.5, 0.6) is 0 Å². The van der Waals surface area contributed by atoms with Gasteiger partial charge in [-0.15, -0.1) is 0 Å². The minimum atomic E-state index is -3.71. The molecule has 1 saturated heterocycles. The molecule has 0 spiro atoms. The van der Waals surface area contributed by atoms with E-state index in [0.717, 1.165) is 16.3 Å². The first-order valence-corrected chi connectivity index (χ1v) is 9.55. The molecule has 2 heterocycles. The van der Waals surface area contributed by atoms with Gasteiger partial charge in [0, 0.05) is 44.5 Å². The molecule has 25 heavy (non-hydrogen) atoms. The summed E-state index contributed by atoms with van der Waals surface area (Å²) in [7, 11) is -2.18. The largest absolute Gasteiger partial charge is 0.481 e. The number of piperidine rings is 1. The molecule has 2 aromatic rings. The Morgan fingerprint density at radius 3 is 2.96 bits per heavy atom. The average Bonchev–Trinajstić information content (AvgIpc) is 2.62. The van der Waals surface area contributed by atoms with E-state index in [1.807, 2.05) is 24.3 Å². The van der Waals surface area contributed by atoms with Crippen LogP contribution in [-0.4, -0.2) is 53.2 Å². The fourth-order valence-electron chi connectivity index (χ4n) is 3.20. The molecule has 0 saturated carbocycles. The molecular weight excluding hydrogens is 342 g/mol. The monoisotopic (exact) mass is 363 g/mol. The van der Waals surface area contributed by atoms with Crippen molar-refractivity contribution in [1.29, 1.82) is 0 Å². The van der Waals surface area contributed by atoms with Gasteiger partial charge in [0.2, 0.25) is 0 Å². The Bertz CT molecular complexity index is 879. The van der Waals surface area contributed by atoms with Crippen LogP contribution in [0.1, 0.15) is 18.4 Å². The second-order valence-corrected chi connectivity index (χ2v) is 8.35. The Kier molecular flexibility index (Phi) is 5.03. The average molecular weight is 363 g/mol. The van der Waals surface area contributed by atoms with Crippen molar-refractivity contribution in [1.82, 2.24) is 13.6 Å². The van der Waals surface area contributed by atoms with Crippen LogP contribution in [-0.2, 0) is 21.5 Å². The zero-order valence-corrected chi connectivity index (χ0v) is 14.8. The van der Waals surface area contributed by atoms with Crippen LogP contribution in [0.15, 0.2) is 36.7 Å². The van der Waals surface area contributed by atoms with Crippen molar-refractivity contribution in [2.75, 3.05) is 20.1 Å². The molecule has 3 rings (SSSR count). The van der Waals surface area contributed by atoms with Crippen molar-refractivity contribution in [2.45, 2.75) is 19.4 Å². The van der Waals surface area contributed by atoms with E-state index < -0.39 is 22.1 Å². The Morgan fingerprint density at radius 2 is 2.20 bits per heavy atom. The molecule has 1 unspecified atom stereocenters. The molecule has 0 amide bonds. The van der Waals surface area contributed by atoms with E-state index in [1.54, 1.807) is 12.4 Å². The third-order valence-electron chi connectivity index (χ3n) is 4.62. The predicted molar refractivity (Wildman–Crippen MR) is 94.1 cm³/mol. The zero-order chi connectivity index (χ0) is 18.0. The number of carbonyl (C=O) groups is 1. The van der Waals surface area contributed by atoms with Gasteiger partial charge in [0.15, 0.2) is 0 Å². The van der Waals surface area contributed by atoms with Gasteiger partial charge in [0.05, 0.1) is 5.92 Å². The molecule has 1 N–H and O–H groups in total. The topological polar surface area (TPSA) is 90.8 Å². The predicted octanol–water partition coefficient (Wildman–Crippen LogP) is 1.71. The van der Waals surface area contributed by atoms with Crippen molar-refractivity contribution in [3.63, 3.8) is 0 Å². The van der Waals surface area contributed by atoms with Gasteiger partial charge in [0.25, 0.3) is 10.2 Å². The number of carboxylic acid groups (broad SMARTS) is 1. The zero-order valence-electron chi connectivity index (χ0n) is 14.0. The Balaban J connectivity index is 1.81. The van der Waals surface area contributed by atoms with Gasteiger partial charge in [-0.2, -0.15) is 17.0 Å². The van der Waals surface area contributed by atoms with Crippen LogP contribution in [0.25, 0.3) is 10.8 Å². The first-order chi connectivity index (χ1) is 11.9. The summed E-state index contributed by atoms with van der Waals surface area (Å²) in [4.78, 5) is 15.3. The van der Waals surface area contributed by atoms with E-state index in [2.05, 4.69) is 4.98 Å². The van der Waals surface area contributed by atoms with Gasteiger partial charge in [0.1, 0.15) is 0 Å². The first kappa shape index (κ1) is 17.8. The Labute approximate surface area is 147 Å². The van der Waals surface area contributed by atoms with Crippen LogP contribution in [0.2, 0.25) is 0 Å². The van der Waals surface area contributed by atoms with Crippen LogP contribution >= 0.6 is 0 Å². The van der Waals surface area contributed by atoms with Gasteiger partial charge < -0.3 is 5.11 Å². The van der Waals surface area contributed by atoms with E-state index in [0.29, 0.717) is 19.4 Å². The maximum atomic E-state index is 12.8. The number of aliphatic carboxylic acids is 1. The highest BCUT2D eigenvalue weighted by atomic mass is 32.2. The summed E-state index contributed by atoms with van der Waals surface area (Å²) >= 11 is 0. The molecule has 0 aliphatic carbocycles. The van der Waals surface area contributed by atoms with Crippen LogP contribution in [0.4, 0.5) is 0 Å². The maximum Gasteiger partial charge on any atom is 0.307 e. The van der Waals surface area contributed by atoms with Gasteiger partial charge in [-0.05, 0) is 29.9 Å². The molecule has 1 fully saturated rings. The van der Waals surface area contributed by atoms with Crippen LogP contribution < -0.4 is 0 Å². The highest BCUT2D eigenvalue weighted by Crippen LogP contribution is 2.24. The summed E-state index contributed by atoms with van der Waals surface area (Å²) in [5.74, 6) is -1.58. The molecule has 7 nitrogen and oxygen atoms in total. The number of aromatic nitrogens is 1. The number of benzene rings is 1. The number of carboxylic acids is 1. The molecule has 0 radical (unpaired) electrons. The van der Waals surface area contributed by atoms with Crippen LogP contribution in [0, 0.1) is 5.92 Å². The van der Waals surface area contributed by atoms with Crippen molar-refractivity contribution in [2.24, 2.45) is 5.92 Å². The smallest absolute Gasteiger partial charge is 0.307 e. The Morgan fingerprint density at radius 1 is 1.40 bits per heavy atom. The molecule has 0 bridgehead atoms. The number of pyridine rings is 1. The molecule has 1 aliphatic heterocycles. The lowest BCUT2D eigenvalue weighted by atomic mass is 10.0. The minimum Gasteiger partial charge on any atom is -0.481 e. The molecule has 1 aliphatic rings. The number of hydrogen-bond acceptors (Lipinski definition) is 4. The van der Waals surface area contributed by atoms with E-state index in [-0.39, 0.29) is 13.1 Å². The normalized spacial score (nSPS) is 19.4. The minimum absolute atomic E-state index is 0.0292. The second kappa shape index (κ2) is 7.07. The summed E-state index contributed by atoms with van der Waals surface area (Å²) in [6, 6.07) is 7.57. The SMILES string of the molecule is CN(Cc1cccc2cnccc12)S(=O)(=O)N1CCCC(C(=O)O)C1. The Hall–Kier alpha value is -2.03. The second-order valence-electron chi connectivity index (χ2n) is 6.31. The lowest BCUT2D eigenvalue weighted by molar-refractivity contribution is -0.142. The molecular formula is C17H21N3O4S. The van der Waals surface area contributed by atoms with Crippen molar-refractivity contribution >= 4 is 27.0 Å². The standard InChI is InChI=1S/C17H21N3O4S/c1-19(11-14-5-2-4-13-10-18-8-7-16(13)14)25(23,24)20-9-3-6-15(12-20)17(21)22/h2,4-5,7-8,10,15H,3,6,9,11-12H2,1H3,(H,21,22). The summed E-state index contributed by atoms with van der Waals surface area (Å²) in [5, 5.41) is 11.1. The van der Waals surface area contributed by atoms with Crippen molar-refractivity contribution in [3.8, 4) is 0 Å². The summed E-state index contributed by atoms with van der Waals surface area (Å²) < 4.78 is 28.2. The third-order valence-corrected chi connectivity index (χ3v) is 6.52. The van der Waals surface area contributed by atoms with Gasteiger partial charge in [-0.1, -0.05) is 18.2 Å². The third kappa shape index (κ3) is 3.65. The van der Waals surface area contributed by atoms with E-state index >= 15 is 0 Å². The number of nitrogens with zero attached hydrogens (tertiary/aromatic N) is 3. The van der Waals surface area contributed by atoms with Crippen molar-refractivity contribution < 1.29 is 18.3 Å². The fourth-order valence-corrected chi connectivity index (χ4v) is 4.62. The van der Waals surface area contributed by atoms with Crippen LogP contribution in [0.3, 0.4) is 0 Å². The lowest BCUT2D eigenvalue weighted by Crippen LogP contribution is -2.47. The quantitative estimate of drug-likeness (QED) is 0.873. The number of fused-ring (bicyclic) bond motifs is 1. The van der Waals surface area contributed by atoms with Gasteiger partial charge in [-0.25, -0.2) is 0 Å². The molecule has 134 valence electrons.